The Kier molecular flexibility index (Phi) is 52.2. The first-order valence-corrected chi connectivity index (χ1v) is 35.2. The summed E-state index contributed by atoms with van der Waals surface area (Å²) < 4.78 is 22.7. The minimum Gasteiger partial charge on any atom is -0.394 e. The highest BCUT2D eigenvalue weighted by Gasteiger charge is 2.51. The second-order valence-corrected chi connectivity index (χ2v) is 24.6. The summed E-state index contributed by atoms with van der Waals surface area (Å²) in [5.74, 6) is -0.253. The zero-order valence-electron chi connectivity index (χ0n) is 54.3. The van der Waals surface area contributed by atoms with Crippen LogP contribution in [0.1, 0.15) is 284 Å². The van der Waals surface area contributed by atoms with E-state index in [4.69, 9.17) is 18.9 Å². The van der Waals surface area contributed by atoms with Gasteiger partial charge in [-0.05, 0) is 77.0 Å². The Labute approximate surface area is 523 Å². The van der Waals surface area contributed by atoms with E-state index < -0.39 is 86.8 Å². The van der Waals surface area contributed by atoms with Gasteiger partial charge in [-0.15, -0.1) is 0 Å². The number of aliphatic hydroxyl groups is 8. The third-order valence-corrected chi connectivity index (χ3v) is 16.8. The van der Waals surface area contributed by atoms with Gasteiger partial charge in [0.2, 0.25) is 5.91 Å². The molecule has 0 bridgehead atoms. The molecular formula is C72H129NO13. The highest BCUT2D eigenvalue weighted by Crippen LogP contribution is 2.30. The summed E-state index contributed by atoms with van der Waals surface area (Å²) in [5.41, 5.74) is 0. The van der Waals surface area contributed by atoms with Crippen molar-refractivity contribution >= 4 is 5.91 Å². The summed E-state index contributed by atoms with van der Waals surface area (Å²) in [6, 6.07) is -0.937. The Hall–Kier alpha value is -2.57. The Balaban J connectivity index is 1.52. The van der Waals surface area contributed by atoms with Crippen molar-refractivity contribution in [2.24, 2.45) is 0 Å². The predicted octanol–water partition coefficient (Wildman–Crippen LogP) is 14.2. The predicted molar refractivity (Wildman–Crippen MR) is 350 cm³/mol. The average molecular weight is 1220 g/mol. The van der Waals surface area contributed by atoms with E-state index in [0.29, 0.717) is 12.8 Å². The molecule has 0 radical (unpaired) electrons. The number of aliphatic hydroxyl groups excluding tert-OH is 8. The molecule has 86 heavy (non-hydrogen) atoms. The third-order valence-electron chi connectivity index (χ3n) is 16.8. The molecule has 2 heterocycles. The first-order valence-electron chi connectivity index (χ1n) is 35.2. The van der Waals surface area contributed by atoms with Gasteiger partial charge in [-0.3, -0.25) is 4.79 Å². The molecule has 2 rings (SSSR count). The summed E-state index contributed by atoms with van der Waals surface area (Å²) in [4.78, 5) is 13.3. The summed E-state index contributed by atoms with van der Waals surface area (Å²) >= 11 is 0. The van der Waals surface area contributed by atoms with Crippen molar-refractivity contribution in [3.63, 3.8) is 0 Å². The number of unbranched alkanes of at least 4 members (excludes halogenated alkanes) is 34. The fraction of sp³-hybridized carbons (Fsp3) is 0.819. The van der Waals surface area contributed by atoms with Crippen LogP contribution in [0.4, 0.5) is 0 Å². The van der Waals surface area contributed by atoms with Crippen molar-refractivity contribution in [1.82, 2.24) is 5.32 Å². The van der Waals surface area contributed by atoms with Gasteiger partial charge < -0.3 is 65.1 Å². The molecule has 500 valence electrons. The maximum absolute atomic E-state index is 13.3. The Bertz CT molecular complexity index is 1720. The highest BCUT2D eigenvalue weighted by molar-refractivity contribution is 5.76. The van der Waals surface area contributed by atoms with Gasteiger partial charge >= 0.3 is 0 Å². The fourth-order valence-electron chi connectivity index (χ4n) is 11.2. The minimum atomic E-state index is -1.79. The molecule has 14 heteroatoms. The van der Waals surface area contributed by atoms with E-state index in [2.05, 4.69) is 79.9 Å². The van der Waals surface area contributed by atoms with Crippen LogP contribution in [0.2, 0.25) is 0 Å². The summed E-state index contributed by atoms with van der Waals surface area (Å²) in [6.07, 6.45) is 60.2. The van der Waals surface area contributed by atoms with Gasteiger partial charge in [-0.25, -0.2) is 0 Å². The molecule has 12 unspecified atom stereocenters. The normalized spacial score (nSPS) is 23.8. The van der Waals surface area contributed by atoms with Crippen LogP contribution in [0.3, 0.4) is 0 Å². The molecule has 0 saturated carbocycles. The monoisotopic (exact) mass is 1220 g/mol. The number of carbonyl (C=O) groups is 1. The molecule has 0 aromatic heterocycles. The molecule has 1 amide bonds. The molecule has 0 spiro atoms. The van der Waals surface area contributed by atoms with Crippen molar-refractivity contribution in [2.75, 3.05) is 19.8 Å². The van der Waals surface area contributed by atoms with E-state index in [9.17, 15) is 45.6 Å². The Morgan fingerprint density at radius 3 is 1.26 bits per heavy atom. The number of ether oxygens (including phenoxy) is 4. The van der Waals surface area contributed by atoms with Crippen LogP contribution in [0.15, 0.2) is 72.9 Å². The zero-order valence-corrected chi connectivity index (χ0v) is 54.3. The number of hydrogen-bond acceptors (Lipinski definition) is 13. The topological polar surface area (TPSA) is 228 Å². The summed E-state index contributed by atoms with van der Waals surface area (Å²) in [5, 5.41) is 87.0. The van der Waals surface area contributed by atoms with E-state index in [1.165, 1.54) is 186 Å². The van der Waals surface area contributed by atoms with Crippen molar-refractivity contribution in [2.45, 2.75) is 357 Å². The lowest BCUT2D eigenvalue weighted by Gasteiger charge is -2.46. The second-order valence-electron chi connectivity index (χ2n) is 24.6. The quantitative estimate of drug-likeness (QED) is 0.0204. The number of carbonyl (C=O) groups excluding carboxylic acids is 1. The summed E-state index contributed by atoms with van der Waals surface area (Å²) in [7, 11) is 0. The number of allylic oxidation sites excluding steroid dienone is 11. The van der Waals surface area contributed by atoms with Crippen LogP contribution in [-0.2, 0) is 23.7 Å². The van der Waals surface area contributed by atoms with E-state index >= 15 is 0 Å². The van der Waals surface area contributed by atoms with Crippen molar-refractivity contribution in [1.29, 1.82) is 0 Å². The van der Waals surface area contributed by atoms with Gasteiger partial charge in [-0.1, -0.05) is 273 Å². The molecule has 14 nitrogen and oxygen atoms in total. The molecule has 2 fully saturated rings. The van der Waals surface area contributed by atoms with Crippen LogP contribution in [0.25, 0.3) is 0 Å². The lowest BCUT2D eigenvalue weighted by atomic mass is 9.97. The van der Waals surface area contributed by atoms with Crippen molar-refractivity contribution in [3.05, 3.63) is 72.9 Å². The Morgan fingerprint density at radius 1 is 0.419 bits per heavy atom. The molecule has 9 N–H and O–H groups in total. The number of rotatable bonds is 57. The van der Waals surface area contributed by atoms with E-state index in [-0.39, 0.29) is 18.9 Å². The maximum Gasteiger partial charge on any atom is 0.220 e. The Morgan fingerprint density at radius 2 is 0.802 bits per heavy atom. The third kappa shape index (κ3) is 40.2. The van der Waals surface area contributed by atoms with Gasteiger partial charge in [0.25, 0.3) is 0 Å². The molecule has 2 aliphatic rings. The first kappa shape index (κ1) is 79.5. The van der Waals surface area contributed by atoms with Gasteiger partial charge in [0.05, 0.1) is 32.0 Å². The fourth-order valence-corrected chi connectivity index (χ4v) is 11.2. The van der Waals surface area contributed by atoms with Gasteiger partial charge in [0, 0.05) is 6.42 Å². The van der Waals surface area contributed by atoms with Crippen molar-refractivity contribution in [3.8, 4) is 0 Å². The molecular weight excluding hydrogens is 1090 g/mol. The second kappa shape index (κ2) is 56.4. The highest BCUT2D eigenvalue weighted by atomic mass is 16.7. The zero-order chi connectivity index (χ0) is 62.3. The molecule has 2 saturated heterocycles. The van der Waals surface area contributed by atoms with Gasteiger partial charge in [0.1, 0.15) is 48.8 Å². The standard InChI is InChI=1S/C72H129NO13/c1-3-5-7-9-11-13-15-16-17-18-19-20-21-22-23-24-25-26-27-28-29-30-31-32-33-34-35-36-37-38-39-40-41-42-43-44-46-48-50-52-54-56-64(77)73-60(61(76)55-53-51-49-47-45-14-12-10-8-6-4-2)59-83-71-69(82)67(80)70(63(58-75)85-71)86-72-68(81)66(79)65(78)62(57-74)84-72/h8,10,15-16,18-19,21-22,45,47,53,55,60-63,65-72,74-76,78-82H,3-7,9,11-14,17,20,23-44,46,48-52,54,56-59H2,1-2H3,(H,73,77)/b10-8+,16-15-,19-18-,22-21-,47-45+,55-53+. The molecule has 2 aliphatic heterocycles. The van der Waals surface area contributed by atoms with E-state index in [0.717, 1.165) is 64.2 Å². The van der Waals surface area contributed by atoms with Crippen LogP contribution >= 0.6 is 0 Å². The maximum atomic E-state index is 13.3. The number of hydrogen-bond donors (Lipinski definition) is 9. The van der Waals surface area contributed by atoms with E-state index in [1.807, 2.05) is 6.08 Å². The SMILES string of the molecule is CCC/C=C/CC/C=C/CC/C=C/C(O)C(COC1OC(CO)C(OC2OC(CO)C(O)C(O)C2O)C(O)C1O)NC(=O)CCCCCCCCCCCCCCCCCCCCCCCCCCCC/C=C\C/C=C\C/C=C\CCCCCCC. The largest absolute Gasteiger partial charge is 0.394 e. The van der Waals surface area contributed by atoms with Crippen LogP contribution in [0, 0.1) is 0 Å². The average Bonchev–Trinajstić information content (AvgIpc) is 2.16. The number of amides is 1. The van der Waals surface area contributed by atoms with Crippen LogP contribution in [-0.4, -0.2) is 140 Å². The lowest BCUT2D eigenvalue weighted by molar-refractivity contribution is -0.359. The number of nitrogens with one attached hydrogen (secondary N) is 1. The summed E-state index contributed by atoms with van der Waals surface area (Å²) in [6.45, 7) is 2.69. The van der Waals surface area contributed by atoms with Crippen LogP contribution < -0.4 is 5.32 Å². The molecule has 0 aliphatic carbocycles. The van der Waals surface area contributed by atoms with Gasteiger partial charge in [0.15, 0.2) is 12.6 Å². The van der Waals surface area contributed by atoms with Gasteiger partial charge in [-0.2, -0.15) is 0 Å². The van der Waals surface area contributed by atoms with E-state index in [1.54, 1.807) is 6.08 Å². The van der Waals surface area contributed by atoms with Crippen molar-refractivity contribution < 1.29 is 64.6 Å². The van der Waals surface area contributed by atoms with Crippen LogP contribution in [0.5, 0.6) is 0 Å². The molecule has 0 aromatic carbocycles. The first-order chi connectivity index (χ1) is 42.1. The molecule has 0 aromatic rings. The minimum absolute atomic E-state index is 0.253. The molecule has 12 atom stereocenters. The lowest BCUT2D eigenvalue weighted by Crippen LogP contribution is -2.65. The smallest absolute Gasteiger partial charge is 0.220 e.